The Hall–Kier alpha value is -3.45. The first-order valence-electron chi connectivity index (χ1n) is 12.7. The summed E-state index contributed by atoms with van der Waals surface area (Å²) in [5.74, 6) is 2.60. The summed E-state index contributed by atoms with van der Waals surface area (Å²) in [5.41, 5.74) is 8.48. The average molecular weight is 468 g/mol. The molecule has 7 nitrogen and oxygen atoms in total. The van der Waals surface area contributed by atoms with Gasteiger partial charge in [0.2, 0.25) is 5.95 Å². The van der Waals surface area contributed by atoms with Crippen LogP contribution in [0.4, 0.5) is 23.1 Å². The van der Waals surface area contributed by atoms with Gasteiger partial charge in [-0.05, 0) is 69.1 Å². The lowest BCUT2D eigenvalue weighted by Gasteiger charge is -2.34. The van der Waals surface area contributed by atoms with Crippen molar-refractivity contribution in [3.63, 3.8) is 0 Å². The summed E-state index contributed by atoms with van der Waals surface area (Å²) >= 11 is 0. The number of anilines is 4. The third kappa shape index (κ3) is 4.14. The number of nitrogens with one attached hydrogen (secondary N) is 1. The third-order valence-corrected chi connectivity index (χ3v) is 7.48. The van der Waals surface area contributed by atoms with Crippen molar-refractivity contribution in [2.24, 2.45) is 4.99 Å². The standard InChI is InChI=1S/C28H33N7/c1-19-6-4-5-7-23(19)24-17-21-18-30-28(32-26(21)35-11-10-29-27(24)35)31-25-9-8-22(16-20(25)2)34-14-12-33(3)13-15-34/h5,7-9,16-18H,4,6,10-15H2,1-3H3,(H,30,31,32). The summed E-state index contributed by atoms with van der Waals surface area (Å²) in [6.07, 6.45) is 10.9. The first-order valence-corrected chi connectivity index (χ1v) is 12.7. The van der Waals surface area contributed by atoms with E-state index in [9.17, 15) is 0 Å². The molecular formula is C28H33N7. The minimum Gasteiger partial charge on any atom is -0.369 e. The molecule has 4 aliphatic rings. The van der Waals surface area contributed by atoms with Crippen molar-refractivity contribution in [2.45, 2.75) is 26.7 Å². The van der Waals surface area contributed by atoms with Crippen LogP contribution in [0.2, 0.25) is 0 Å². The zero-order valence-electron chi connectivity index (χ0n) is 20.9. The fraction of sp³-hybridized carbons (Fsp3) is 0.393. The number of hydrogen-bond donors (Lipinski definition) is 1. The number of aliphatic imine (C=N–C) groups is 1. The summed E-state index contributed by atoms with van der Waals surface area (Å²) in [4.78, 5) is 21.6. The van der Waals surface area contributed by atoms with E-state index in [-0.39, 0.29) is 0 Å². The number of nitrogens with zero attached hydrogens (tertiary/aromatic N) is 6. The van der Waals surface area contributed by atoms with Crippen LogP contribution in [0, 0.1) is 6.92 Å². The van der Waals surface area contributed by atoms with E-state index in [2.05, 4.69) is 82.3 Å². The largest absolute Gasteiger partial charge is 0.369 e. The summed E-state index contributed by atoms with van der Waals surface area (Å²) in [7, 11) is 2.19. The number of amidine groups is 1. The van der Waals surface area contributed by atoms with Gasteiger partial charge in [-0.3, -0.25) is 4.99 Å². The predicted molar refractivity (Wildman–Crippen MR) is 145 cm³/mol. The monoisotopic (exact) mass is 467 g/mol. The van der Waals surface area contributed by atoms with E-state index in [0.717, 1.165) is 75.0 Å². The lowest BCUT2D eigenvalue weighted by molar-refractivity contribution is 0.313. The number of aryl methyl sites for hydroxylation is 1. The van der Waals surface area contributed by atoms with Crippen molar-refractivity contribution in [3.05, 3.63) is 64.4 Å². The van der Waals surface area contributed by atoms with Gasteiger partial charge in [-0.2, -0.15) is 4.98 Å². The maximum Gasteiger partial charge on any atom is 0.229 e. The van der Waals surface area contributed by atoms with Crippen LogP contribution in [0.25, 0.3) is 6.08 Å². The molecular weight excluding hydrogens is 434 g/mol. The van der Waals surface area contributed by atoms with Gasteiger partial charge in [0.15, 0.2) is 0 Å². The van der Waals surface area contributed by atoms with Crippen LogP contribution >= 0.6 is 0 Å². The molecule has 1 N–H and O–H groups in total. The highest BCUT2D eigenvalue weighted by atomic mass is 15.3. The molecule has 1 aromatic carbocycles. The van der Waals surface area contributed by atoms with E-state index in [4.69, 9.17) is 9.98 Å². The maximum atomic E-state index is 4.94. The van der Waals surface area contributed by atoms with Gasteiger partial charge >= 0.3 is 0 Å². The summed E-state index contributed by atoms with van der Waals surface area (Å²) in [5, 5.41) is 3.46. The van der Waals surface area contributed by atoms with Gasteiger partial charge in [0, 0.05) is 61.4 Å². The molecule has 35 heavy (non-hydrogen) atoms. The van der Waals surface area contributed by atoms with E-state index in [0.29, 0.717) is 5.95 Å². The molecule has 0 saturated carbocycles. The molecule has 1 saturated heterocycles. The molecule has 0 radical (unpaired) electrons. The average Bonchev–Trinajstić information content (AvgIpc) is 3.36. The van der Waals surface area contributed by atoms with E-state index in [1.807, 2.05) is 6.20 Å². The molecule has 180 valence electrons. The van der Waals surface area contributed by atoms with Crippen LogP contribution in [0.3, 0.4) is 0 Å². The third-order valence-electron chi connectivity index (χ3n) is 7.48. The molecule has 0 atom stereocenters. The van der Waals surface area contributed by atoms with Gasteiger partial charge in [-0.1, -0.05) is 17.7 Å². The number of aromatic nitrogens is 2. The molecule has 1 fully saturated rings. The molecule has 7 heteroatoms. The number of piperazine rings is 1. The SMILES string of the molecule is CC1=C(C2=Cc3cnc(Nc4ccc(N5CCN(C)CC5)cc4C)nc3N3CCN=C23)C=CCC1. The first kappa shape index (κ1) is 22.0. The zero-order valence-corrected chi connectivity index (χ0v) is 20.9. The van der Waals surface area contributed by atoms with E-state index >= 15 is 0 Å². The smallest absolute Gasteiger partial charge is 0.229 e. The van der Waals surface area contributed by atoms with Gasteiger partial charge in [-0.25, -0.2) is 4.98 Å². The van der Waals surface area contributed by atoms with Crippen LogP contribution in [-0.2, 0) is 0 Å². The van der Waals surface area contributed by atoms with Crippen LogP contribution in [0.15, 0.2) is 58.3 Å². The van der Waals surface area contributed by atoms with E-state index < -0.39 is 0 Å². The lowest BCUT2D eigenvalue weighted by Crippen LogP contribution is -2.44. The molecule has 1 aromatic heterocycles. The predicted octanol–water partition coefficient (Wildman–Crippen LogP) is 4.56. The van der Waals surface area contributed by atoms with E-state index in [1.165, 1.54) is 28.0 Å². The molecule has 2 aromatic rings. The second-order valence-corrected chi connectivity index (χ2v) is 9.94. The fourth-order valence-corrected chi connectivity index (χ4v) is 5.33. The highest BCUT2D eigenvalue weighted by Gasteiger charge is 2.31. The number of allylic oxidation sites excluding steroid dienone is 3. The molecule has 0 spiro atoms. The highest BCUT2D eigenvalue weighted by molar-refractivity contribution is 6.19. The molecule has 0 amide bonds. The Morgan fingerprint density at radius 2 is 1.89 bits per heavy atom. The van der Waals surface area contributed by atoms with Crippen molar-refractivity contribution in [1.82, 2.24) is 14.9 Å². The Morgan fingerprint density at radius 3 is 2.69 bits per heavy atom. The van der Waals surface area contributed by atoms with Gasteiger partial charge in [-0.15, -0.1) is 0 Å². The summed E-state index contributed by atoms with van der Waals surface area (Å²) in [6, 6.07) is 6.62. The highest BCUT2D eigenvalue weighted by Crippen LogP contribution is 2.37. The topological polar surface area (TPSA) is 59.9 Å². The lowest BCUT2D eigenvalue weighted by atomic mass is 9.90. The molecule has 6 rings (SSSR count). The van der Waals surface area contributed by atoms with Crippen molar-refractivity contribution in [3.8, 4) is 0 Å². The van der Waals surface area contributed by atoms with Crippen LogP contribution in [-0.4, -0.2) is 67.0 Å². The van der Waals surface area contributed by atoms with Gasteiger partial charge < -0.3 is 20.0 Å². The summed E-state index contributed by atoms with van der Waals surface area (Å²) in [6.45, 7) is 10.4. The molecule has 0 unspecified atom stereocenters. The molecule has 4 heterocycles. The van der Waals surface area contributed by atoms with Crippen molar-refractivity contribution in [1.29, 1.82) is 0 Å². The number of hydrogen-bond acceptors (Lipinski definition) is 7. The van der Waals surface area contributed by atoms with Crippen LogP contribution < -0.4 is 15.1 Å². The Balaban J connectivity index is 1.27. The molecule has 3 aliphatic heterocycles. The number of rotatable bonds is 4. The normalized spacial score (nSPS) is 20.0. The Labute approximate surface area is 207 Å². The number of benzene rings is 1. The zero-order chi connectivity index (χ0) is 23.9. The molecule has 0 bridgehead atoms. The Morgan fingerprint density at radius 1 is 1.03 bits per heavy atom. The second kappa shape index (κ2) is 8.96. The van der Waals surface area contributed by atoms with Crippen molar-refractivity contribution in [2.75, 3.05) is 61.4 Å². The Bertz CT molecular complexity index is 1280. The van der Waals surface area contributed by atoms with Crippen LogP contribution in [0.5, 0.6) is 0 Å². The summed E-state index contributed by atoms with van der Waals surface area (Å²) < 4.78 is 0. The fourth-order valence-electron chi connectivity index (χ4n) is 5.33. The quantitative estimate of drug-likeness (QED) is 0.711. The minimum absolute atomic E-state index is 0.621. The van der Waals surface area contributed by atoms with Gasteiger partial charge in [0.25, 0.3) is 0 Å². The minimum atomic E-state index is 0.621. The first-order chi connectivity index (χ1) is 17.1. The van der Waals surface area contributed by atoms with Crippen molar-refractivity contribution >= 4 is 35.1 Å². The number of fused-ring (bicyclic) bond motifs is 3. The van der Waals surface area contributed by atoms with Crippen molar-refractivity contribution < 1.29 is 0 Å². The number of likely N-dealkylation sites (N-methyl/N-ethyl adjacent to an activating group) is 1. The maximum absolute atomic E-state index is 4.94. The molecule has 1 aliphatic carbocycles. The second-order valence-electron chi connectivity index (χ2n) is 9.94. The van der Waals surface area contributed by atoms with E-state index in [1.54, 1.807) is 0 Å². The Kier molecular flexibility index (Phi) is 5.65. The van der Waals surface area contributed by atoms with Crippen LogP contribution in [0.1, 0.15) is 30.9 Å². The van der Waals surface area contributed by atoms with Gasteiger partial charge in [0.1, 0.15) is 11.7 Å². The van der Waals surface area contributed by atoms with Gasteiger partial charge in [0.05, 0.1) is 6.54 Å².